The Labute approximate surface area is 82.1 Å². The number of nitrogens with zero attached hydrogens (tertiary/aromatic N) is 1. The smallest absolute Gasteiger partial charge is 0.127 e. The molecule has 3 heteroatoms. The largest absolute Gasteiger partial charge is 0.327 e. The molecule has 1 aromatic rings. The van der Waals surface area contributed by atoms with Gasteiger partial charge in [0.05, 0.1) is 11.6 Å². The molecule has 14 heavy (non-hydrogen) atoms. The summed E-state index contributed by atoms with van der Waals surface area (Å²) in [6, 6.07) is 5.11. The number of nitrogens with two attached hydrogens (primary N) is 1. The van der Waals surface area contributed by atoms with Crippen molar-refractivity contribution in [2.75, 3.05) is 0 Å². The third-order valence-electron chi connectivity index (χ3n) is 2.66. The normalized spacial score (nSPS) is 19.9. The summed E-state index contributed by atoms with van der Waals surface area (Å²) in [5.74, 6) is -0.258. The minimum Gasteiger partial charge on any atom is -0.327 e. The zero-order valence-electron chi connectivity index (χ0n) is 7.76. The van der Waals surface area contributed by atoms with Crippen molar-refractivity contribution in [1.29, 1.82) is 5.26 Å². The fourth-order valence-corrected chi connectivity index (χ4v) is 1.93. The van der Waals surface area contributed by atoms with Crippen LogP contribution < -0.4 is 5.73 Å². The van der Waals surface area contributed by atoms with E-state index in [1.165, 1.54) is 6.07 Å². The van der Waals surface area contributed by atoms with Crippen LogP contribution in [0, 0.1) is 17.1 Å². The molecular formula is C11H11FN2. The van der Waals surface area contributed by atoms with E-state index in [1.807, 2.05) is 6.07 Å². The summed E-state index contributed by atoms with van der Waals surface area (Å²) >= 11 is 0. The van der Waals surface area contributed by atoms with Crippen molar-refractivity contribution in [2.24, 2.45) is 5.73 Å². The molecular weight excluding hydrogens is 179 g/mol. The van der Waals surface area contributed by atoms with Crippen molar-refractivity contribution in [3.63, 3.8) is 0 Å². The van der Waals surface area contributed by atoms with E-state index in [4.69, 9.17) is 11.0 Å². The monoisotopic (exact) mass is 190 g/mol. The average Bonchev–Trinajstić information content (AvgIpc) is 2.16. The standard InChI is InChI=1S/C11H11FN2/c12-11-4-7(6-13)3-8-5-9(14)1-2-10(8)11/h3-4,9H,1-2,5,14H2/t9-/m0/s1. The Morgan fingerprint density at radius 2 is 2.29 bits per heavy atom. The van der Waals surface area contributed by atoms with E-state index in [0.717, 1.165) is 17.5 Å². The van der Waals surface area contributed by atoms with Gasteiger partial charge in [-0.05, 0) is 42.5 Å². The van der Waals surface area contributed by atoms with Crippen molar-refractivity contribution in [2.45, 2.75) is 25.3 Å². The van der Waals surface area contributed by atoms with Crippen molar-refractivity contribution in [3.05, 3.63) is 34.6 Å². The lowest BCUT2D eigenvalue weighted by molar-refractivity contribution is 0.537. The molecule has 2 nitrogen and oxygen atoms in total. The van der Waals surface area contributed by atoms with E-state index in [1.54, 1.807) is 6.07 Å². The number of hydrogen-bond acceptors (Lipinski definition) is 2. The first-order valence-corrected chi connectivity index (χ1v) is 4.67. The molecule has 2 N–H and O–H groups in total. The molecule has 1 aliphatic rings. The Bertz CT molecular complexity index is 406. The minimum absolute atomic E-state index is 0.107. The Balaban J connectivity index is 2.50. The third kappa shape index (κ3) is 1.49. The molecule has 0 radical (unpaired) electrons. The molecule has 72 valence electrons. The van der Waals surface area contributed by atoms with Crippen molar-refractivity contribution >= 4 is 0 Å². The van der Waals surface area contributed by atoms with E-state index >= 15 is 0 Å². The second kappa shape index (κ2) is 3.39. The zero-order valence-corrected chi connectivity index (χ0v) is 7.76. The van der Waals surface area contributed by atoms with Crippen LogP contribution in [0.3, 0.4) is 0 Å². The van der Waals surface area contributed by atoms with Crippen LogP contribution in [0.4, 0.5) is 4.39 Å². The summed E-state index contributed by atoms with van der Waals surface area (Å²) in [4.78, 5) is 0. The molecule has 0 heterocycles. The maximum atomic E-state index is 13.5. The van der Waals surface area contributed by atoms with Crippen molar-refractivity contribution in [1.82, 2.24) is 0 Å². The topological polar surface area (TPSA) is 49.8 Å². The van der Waals surface area contributed by atoms with Gasteiger partial charge in [0.1, 0.15) is 5.82 Å². The molecule has 0 spiro atoms. The number of halogens is 1. The second-order valence-corrected chi connectivity index (χ2v) is 3.71. The number of benzene rings is 1. The van der Waals surface area contributed by atoms with Gasteiger partial charge in [0.2, 0.25) is 0 Å². The van der Waals surface area contributed by atoms with Gasteiger partial charge in [0, 0.05) is 6.04 Å². The van der Waals surface area contributed by atoms with Crippen molar-refractivity contribution < 1.29 is 4.39 Å². The fourth-order valence-electron chi connectivity index (χ4n) is 1.93. The predicted octanol–water partition coefficient (Wildman–Crippen LogP) is 1.51. The van der Waals surface area contributed by atoms with E-state index in [0.29, 0.717) is 18.4 Å². The molecule has 1 aliphatic carbocycles. The summed E-state index contributed by atoms with van der Waals surface area (Å²) in [6.45, 7) is 0. The lowest BCUT2D eigenvalue weighted by Gasteiger charge is -2.21. The highest BCUT2D eigenvalue weighted by atomic mass is 19.1. The first-order valence-electron chi connectivity index (χ1n) is 4.67. The molecule has 1 atom stereocenters. The first kappa shape index (κ1) is 9.17. The Morgan fingerprint density at radius 3 is 3.00 bits per heavy atom. The zero-order chi connectivity index (χ0) is 10.1. The first-order chi connectivity index (χ1) is 6.70. The van der Waals surface area contributed by atoms with Crippen LogP contribution in [0.15, 0.2) is 12.1 Å². The molecule has 0 bridgehead atoms. The Kier molecular flexibility index (Phi) is 2.22. The third-order valence-corrected chi connectivity index (χ3v) is 2.66. The van der Waals surface area contributed by atoms with E-state index in [9.17, 15) is 4.39 Å². The van der Waals surface area contributed by atoms with Crippen LogP contribution in [-0.2, 0) is 12.8 Å². The van der Waals surface area contributed by atoms with Crippen LogP contribution in [-0.4, -0.2) is 6.04 Å². The van der Waals surface area contributed by atoms with Gasteiger partial charge in [-0.3, -0.25) is 0 Å². The molecule has 0 aliphatic heterocycles. The van der Waals surface area contributed by atoms with Gasteiger partial charge < -0.3 is 5.73 Å². The van der Waals surface area contributed by atoms with Gasteiger partial charge >= 0.3 is 0 Å². The average molecular weight is 190 g/mol. The molecule has 0 fully saturated rings. The summed E-state index contributed by atoms with van der Waals surface area (Å²) in [7, 11) is 0. The number of fused-ring (bicyclic) bond motifs is 1. The summed E-state index contributed by atoms with van der Waals surface area (Å²) in [5.41, 5.74) is 7.81. The summed E-state index contributed by atoms with van der Waals surface area (Å²) < 4.78 is 13.5. The summed E-state index contributed by atoms with van der Waals surface area (Å²) in [6.07, 6.45) is 2.20. The maximum Gasteiger partial charge on any atom is 0.127 e. The predicted molar refractivity (Wildman–Crippen MR) is 51.1 cm³/mol. The molecule has 0 aromatic heterocycles. The molecule has 1 aromatic carbocycles. The lowest BCUT2D eigenvalue weighted by Crippen LogP contribution is -2.28. The van der Waals surface area contributed by atoms with Gasteiger partial charge in [0.25, 0.3) is 0 Å². The fraction of sp³-hybridized carbons (Fsp3) is 0.364. The molecule has 2 rings (SSSR count). The van der Waals surface area contributed by atoms with Crippen LogP contribution in [0.1, 0.15) is 23.1 Å². The highest BCUT2D eigenvalue weighted by Crippen LogP contribution is 2.24. The van der Waals surface area contributed by atoms with Gasteiger partial charge in [-0.25, -0.2) is 4.39 Å². The highest BCUT2D eigenvalue weighted by Gasteiger charge is 2.19. The number of rotatable bonds is 0. The van der Waals surface area contributed by atoms with Crippen LogP contribution in [0.5, 0.6) is 0 Å². The van der Waals surface area contributed by atoms with Gasteiger partial charge in [0.15, 0.2) is 0 Å². The quantitative estimate of drug-likeness (QED) is 0.674. The van der Waals surface area contributed by atoms with E-state index in [2.05, 4.69) is 0 Å². The maximum absolute atomic E-state index is 13.5. The molecule has 0 amide bonds. The van der Waals surface area contributed by atoms with E-state index < -0.39 is 0 Å². The number of hydrogen-bond donors (Lipinski definition) is 1. The Morgan fingerprint density at radius 1 is 1.50 bits per heavy atom. The molecule has 0 unspecified atom stereocenters. The van der Waals surface area contributed by atoms with Gasteiger partial charge in [-0.1, -0.05) is 0 Å². The number of nitriles is 1. The summed E-state index contributed by atoms with van der Waals surface area (Å²) in [5, 5.41) is 8.68. The van der Waals surface area contributed by atoms with E-state index in [-0.39, 0.29) is 11.9 Å². The highest BCUT2D eigenvalue weighted by molar-refractivity contribution is 5.41. The van der Waals surface area contributed by atoms with Gasteiger partial charge in [-0.2, -0.15) is 5.26 Å². The minimum atomic E-state index is -0.258. The van der Waals surface area contributed by atoms with Gasteiger partial charge in [-0.15, -0.1) is 0 Å². The second-order valence-electron chi connectivity index (χ2n) is 3.71. The van der Waals surface area contributed by atoms with Crippen LogP contribution in [0.2, 0.25) is 0 Å². The van der Waals surface area contributed by atoms with Crippen molar-refractivity contribution in [3.8, 4) is 6.07 Å². The van der Waals surface area contributed by atoms with Crippen LogP contribution >= 0.6 is 0 Å². The molecule has 0 saturated carbocycles. The SMILES string of the molecule is N#Cc1cc(F)c2c(c1)C[C@@H](N)CC2. The lowest BCUT2D eigenvalue weighted by atomic mass is 9.87. The Hall–Kier alpha value is -1.40. The molecule has 0 saturated heterocycles. The van der Waals surface area contributed by atoms with Crippen LogP contribution in [0.25, 0.3) is 0 Å².